The zero-order chi connectivity index (χ0) is 13.8. The van der Waals surface area contributed by atoms with E-state index in [0.29, 0.717) is 5.92 Å². The molecule has 1 aromatic carbocycles. The van der Waals surface area contributed by atoms with Crippen LogP contribution in [0.1, 0.15) is 53.7 Å². The largest absolute Gasteiger partial charge is 0.289 e. The van der Waals surface area contributed by atoms with E-state index in [1.807, 2.05) is 31.2 Å². The fourth-order valence-corrected chi connectivity index (χ4v) is 2.11. The van der Waals surface area contributed by atoms with Gasteiger partial charge in [-0.25, -0.2) is 0 Å². The molecule has 2 nitrogen and oxygen atoms in total. The first-order valence-corrected chi connectivity index (χ1v) is 6.71. The van der Waals surface area contributed by atoms with Gasteiger partial charge in [0.05, 0.1) is 0 Å². The molecule has 0 atom stereocenters. The monoisotopic (exact) mass is 253 g/mol. The standard InChI is InChI=1S/C17H19NO/c1-4-13-11-18-10-9-16(13)17(19)15-7-5-14(6-8-15)12(2)3/h5-12H,4H2,1-3H3. The summed E-state index contributed by atoms with van der Waals surface area (Å²) in [7, 11) is 0. The predicted octanol–water partition coefficient (Wildman–Crippen LogP) is 4.00. The maximum Gasteiger partial charge on any atom is 0.193 e. The molecule has 0 amide bonds. The maximum absolute atomic E-state index is 12.5. The van der Waals surface area contributed by atoms with Crippen LogP contribution in [0.15, 0.2) is 42.7 Å². The van der Waals surface area contributed by atoms with Gasteiger partial charge >= 0.3 is 0 Å². The van der Waals surface area contributed by atoms with Crippen molar-refractivity contribution < 1.29 is 4.79 Å². The average molecular weight is 253 g/mol. The number of hydrogen-bond donors (Lipinski definition) is 0. The van der Waals surface area contributed by atoms with E-state index in [1.165, 1.54) is 5.56 Å². The van der Waals surface area contributed by atoms with Gasteiger partial charge in [-0.2, -0.15) is 0 Å². The van der Waals surface area contributed by atoms with Gasteiger partial charge in [0.1, 0.15) is 0 Å². The van der Waals surface area contributed by atoms with Crippen molar-refractivity contribution in [2.24, 2.45) is 0 Å². The summed E-state index contributed by atoms with van der Waals surface area (Å²) < 4.78 is 0. The van der Waals surface area contributed by atoms with Crippen molar-refractivity contribution in [2.45, 2.75) is 33.1 Å². The Labute approximate surface area is 114 Å². The van der Waals surface area contributed by atoms with Crippen LogP contribution in [0.4, 0.5) is 0 Å². The number of ketones is 1. The molecule has 19 heavy (non-hydrogen) atoms. The third-order valence-electron chi connectivity index (χ3n) is 3.37. The van der Waals surface area contributed by atoms with E-state index in [9.17, 15) is 4.79 Å². The molecule has 0 fully saturated rings. The SMILES string of the molecule is CCc1cnccc1C(=O)c1ccc(C(C)C)cc1. The molecule has 0 radical (unpaired) electrons. The molecule has 0 bridgehead atoms. The van der Waals surface area contributed by atoms with Gasteiger partial charge in [0, 0.05) is 23.5 Å². The number of rotatable bonds is 4. The lowest BCUT2D eigenvalue weighted by atomic mass is 9.96. The number of carbonyl (C=O) groups excluding carboxylic acids is 1. The highest BCUT2D eigenvalue weighted by Crippen LogP contribution is 2.18. The normalized spacial score (nSPS) is 10.7. The zero-order valence-electron chi connectivity index (χ0n) is 11.7. The molecule has 0 saturated heterocycles. The van der Waals surface area contributed by atoms with Gasteiger partial charge in [0.2, 0.25) is 0 Å². The van der Waals surface area contributed by atoms with Gasteiger partial charge in [-0.1, -0.05) is 45.0 Å². The molecule has 0 spiro atoms. The van der Waals surface area contributed by atoms with Crippen molar-refractivity contribution >= 4 is 5.78 Å². The van der Waals surface area contributed by atoms with Crippen LogP contribution >= 0.6 is 0 Å². The van der Waals surface area contributed by atoms with E-state index in [0.717, 1.165) is 23.1 Å². The molecule has 2 heteroatoms. The van der Waals surface area contributed by atoms with Crippen LogP contribution in [0.25, 0.3) is 0 Å². The van der Waals surface area contributed by atoms with E-state index >= 15 is 0 Å². The fourth-order valence-electron chi connectivity index (χ4n) is 2.11. The Balaban J connectivity index is 2.33. The molecule has 0 unspecified atom stereocenters. The zero-order valence-corrected chi connectivity index (χ0v) is 11.7. The van der Waals surface area contributed by atoms with Gasteiger partial charge < -0.3 is 0 Å². The molecular formula is C17H19NO. The van der Waals surface area contributed by atoms with Crippen LogP contribution in [0.5, 0.6) is 0 Å². The topological polar surface area (TPSA) is 30.0 Å². The number of aromatic nitrogens is 1. The first kappa shape index (κ1) is 13.5. The van der Waals surface area contributed by atoms with Crippen LogP contribution in [0, 0.1) is 0 Å². The molecule has 0 saturated carbocycles. The highest BCUT2D eigenvalue weighted by Gasteiger charge is 2.12. The molecule has 2 rings (SSSR count). The second-order valence-corrected chi connectivity index (χ2v) is 4.99. The number of carbonyl (C=O) groups is 1. The molecule has 0 aliphatic carbocycles. The lowest BCUT2D eigenvalue weighted by Crippen LogP contribution is -2.05. The molecule has 1 heterocycles. The Morgan fingerprint density at radius 2 is 1.84 bits per heavy atom. The highest BCUT2D eigenvalue weighted by molar-refractivity contribution is 6.09. The fraction of sp³-hybridized carbons (Fsp3) is 0.294. The smallest absolute Gasteiger partial charge is 0.193 e. The van der Waals surface area contributed by atoms with Crippen LogP contribution in [-0.4, -0.2) is 10.8 Å². The molecule has 1 aromatic heterocycles. The molecule has 0 N–H and O–H groups in total. The summed E-state index contributed by atoms with van der Waals surface area (Å²) in [6, 6.07) is 9.70. The Morgan fingerprint density at radius 3 is 2.42 bits per heavy atom. The second kappa shape index (κ2) is 5.79. The molecule has 2 aromatic rings. The number of hydrogen-bond acceptors (Lipinski definition) is 2. The van der Waals surface area contributed by atoms with E-state index < -0.39 is 0 Å². The number of aryl methyl sites for hydroxylation is 1. The summed E-state index contributed by atoms with van der Waals surface area (Å²) in [5, 5.41) is 0. The van der Waals surface area contributed by atoms with Gasteiger partial charge in [0.25, 0.3) is 0 Å². The number of benzene rings is 1. The first-order valence-electron chi connectivity index (χ1n) is 6.71. The van der Waals surface area contributed by atoms with Crippen molar-refractivity contribution in [3.8, 4) is 0 Å². The van der Waals surface area contributed by atoms with Crippen molar-refractivity contribution in [2.75, 3.05) is 0 Å². The highest BCUT2D eigenvalue weighted by atomic mass is 16.1. The van der Waals surface area contributed by atoms with E-state index in [4.69, 9.17) is 0 Å². The maximum atomic E-state index is 12.5. The summed E-state index contributed by atoms with van der Waals surface area (Å²) in [4.78, 5) is 16.6. The summed E-state index contributed by atoms with van der Waals surface area (Å²) in [6.45, 7) is 6.33. The van der Waals surface area contributed by atoms with Crippen molar-refractivity contribution in [3.63, 3.8) is 0 Å². The average Bonchev–Trinajstić information content (AvgIpc) is 2.46. The first-order chi connectivity index (χ1) is 9.13. The Kier molecular flexibility index (Phi) is 4.10. The minimum Gasteiger partial charge on any atom is -0.289 e. The van der Waals surface area contributed by atoms with Crippen molar-refractivity contribution in [1.29, 1.82) is 0 Å². The van der Waals surface area contributed by atoms with Crippen LogP contribution in [0.3, 0.4) is 0 Å². The predicted molar refractivity (Wildman–Crippen MR) is 77.6 cm³/mol. The molecule has 98 valence electrons. The van der Waals surface area contributed by atoms with E-state index in [2.05, 4.69) is 18.8 Å². The Bertz CT molecular complexity index is 570. The van der Waals surface area contributed by atoms with Gasteiger partial charge in [-0.15, -0.1) is 0 Å². The quantitative estimate of drug-likeness (QED) is 0.771. The Morgan fingerprint density at radius 1 is 1.16 bits per heavy atom. The lowest BCUT2D eigenvalue weighted by Gasteiger charge is -2.08. The summed E-state index contributed by atoms with van der Waals surface area (Å²) >= 11 is 0. The Hall–Kier alpha value is -1.96. The van der Waals surface area contributed by atoms with Crippen LogP contribution in [0.2, 0.25) is 0 Å². The van der Waals surface area contributed by atoms with Gasteiger partial charge in [-0.05, 0) is 29.5 Å². The third-order valence-corrected chi connectivity index (χ3v) is 3.37. The van der Waals surface area contributed by atoms with Gasteiger partial charge in [-0.3, -0.25) is 9.78 Å². The van der Waals surface area contributed by atoms with E-state index in [1.54, 1.807) is 18.5 Å². The molecule has 0 aliphatic heterocycles. The number of nitrogens with zero attached hydrogens (tertiary/aromatic N) is 1. The minimum absolute atomic E-state index is 0.0783. The third kappa shape index (κ3) is 2.90. The summed E-state index contributed by atoms with van der Waals surface area (Å²) in [5.74, 6) is 0.561. The second-order valence-electron chi connectivity index (χ2n) is 4.99. The summed E-state index contributed by atoms with van der Waals surface area (Å²) in [5.41, 5.74) is 3.75. The molecule has 0 aliphatic rings. The minimum atomic E-state index is 0.0783. The van der Waals surface area contributed by atoms with Gasteiger partial charge in [0.15, 0.2) is 5.78 Å². The summed E-state index contributed by atoms with van der Waals surface area (Å²) in [6.07, 6.45) is 4.27. The van der Waals surface area contributed by atoms with Crippen LogP contribution < -0.4 is 0 Å². The lowest BCUT2D eigenvalue weighted by molar-refractivity contribution is 0.103. The van der Waals surface area contributed by atoms with E-state index in [-0.39, 0.29) is 5.78 Å². The van der Waals surface area contributed by atoms with Crippen molar-refractivity contribution in [3.05, 3.63) is 65.0 Å². The van der Waals surface area contributed by atoms with Crippen molar-refractivity contribution in [1.82, 2.24) is 4.98 Å². The number of pyridine rings is 1. The molecular weight excluding hydrogens is 234 g/mol. The van der Waals surface area contributed by atoms with Crippen LogP contribution in [-0.2, 0) is 6.42 Å².